The predicted molar refractivity (Wildman–Crippen MR) is 69.7 cm³/mol. The highest BCUT2D eigenvalue weighted by molar-refractivity contribution is 5.96. The highest BCUT2D eigenvalue weighted by atomic mass is 16.2. The van der Waals surface area contributed by atoms with Gasteiger partial charge >= 0.3 is 0 Å². The molecule has 0 saturated carbocycles. The van der Waals surface area contributed by atoms with Crippen molar-refractivity contribution in [3.05, 3.63) is 47.0 Å². The first-order valence-electron chi connectivity index (χ1n) is 6.24. The molecular formula is C15H19NO. The summed E-state index contributed by atoms with van der Waals surface area (Å²) < 4.78 is 0. The van der Waals surface area contributed by atoms with E-state index in [1.54, 1.807) is 0 Å². The van der Waals surface area contributed by atoms with E-state index in [2.05, 4.69) is 26.0 Å². The Bertz CT molecular complexity index is 433. The van der Waals surface area contributed by atoms with E-state index in [4.69, 9.17) is 0 Å². The standard InChI is InChI=1S/C15H19NO/c1-3-14-12(2)11-16(15(14)17)10-9-13-7-5-4-6-8-13/h4-8H,3,9-11H2,1-2H3. The minimum absolute atomic E-state index is 0.237. The summed E-state index contributed by atoms with van der Waals surface area (Å²) in [4.78, 5) is 14.0. The number of nitrogens with zero attached hydrogens (tertiary/aromatic N) is 1. The van der Waals surface area contributed by atoms with Crippen LogP contribution in [-0.2, 0) is 11.2 Å². The molecular weight excluding hydrogens is 210 g/mol. The summed E-state index contributed by atoms with van der Waals surface area (Å²) in [5, 5.41) is 0. The Hall–Kier alpha value is -1.57. The molecule has 17 heavy (non-hydrogen) atoms. The van der Waals surface area contributed by atoms with Gasteiger partial charge in [-0.1, -0.05) is 37.3 Å². The molecule has 1 aliphatic rings. The molecule has 0 bridgehead atoms. The maximum Gasteiger partial charge on any atom is 0.250 e. The molecule has 0 spiro atoms. The summed E-state index contributed by atoms with van der Waals surface area (Å²) in [6, 6.07) is 10.3. The van der Waals surface area contributed by atoms with Crippen LogP contribution in [0.4, 0.5) is 0 Å². The van der Waals surface area contributed by atoms with Gasteiger partial charge in [0.2, 0.25) is 5.91 Å². The van der Waals surface area contributed by atoms with Gasteiger partial charge in [0.1, 0.15) is 0 Å². The Balaban J connectivity index is 1.93. The summed E-state index contributed by atoms with van der Waals surface area (Å²) >= 11 is 0. The van der Waals surface area contributed by atoms with Crippen LogP contribution in [0.1, 0.15) is 25.8 Å². The maximum absolute atomic E-state index is 12.0. The molecule has 1 aliphatic heterocycles. The highest BCUT2D eigenvalue weighted by Crippen LogP contribution is 2.21. The lowest BCUT2D eigenvalue weighted by molar-refractivity contribution is -0.125. The fourth-order valence-corrected chi connectivity index (χ4v) is 2.37. The number of hydrogen-bond acceptors (Lipinski definition) is 1. The summed E-state index contributed by atoms with van der Waals surface area (Å²) in [7, 11) is 0. The quantitative estimate of drug-likeness (QED) is 0.777. The van der Waals surface area contributed by atoms with Gasteiger partial charge in [-0.15, -0.1) is 0 Å². The summed E-state index contributed by atoms with van der Waals surface area (Å²) in [6.07, 6.45) is 1.79. The van der Waals surface area contributed by atoms with E-state index in [0.717, 1.165) is 31.5 Å². The third-order valence-corrected chi connectivity index (χ3v) is 3.36. The van der Waals surface area contributed by atoms with Gasteiger partial charge in [-0.3, -0.25) is 4.79 Å². The van der Waals surface area contributed by atoms with Crippen LogP contribution in [0.5, 0.6) is 0 Å². The van der Waals surface area contributed by atoms with Gasteiger partial charge in [0, 0.05) is 18.7 Å². The van der Waals surface area contributed by atoms with Crippen LogP contribution in [0.15, 0.2) is 41.5 Å². The topological polar surface area (TPSA) is 20.3 Å². The lowest BCUT2D eigenvalue weighted by Gasteiger charge is -2.16. The van der Waals surface area contributed by atoms with Crippen LogP contribution in [0.3, 0.4) is 0 Å². The molecule has 0 atom stereocenters. The van der Waals surface area contributed by atoms with E-state index < -0.39 is 0 Å². The highest BCUT2D eigenvalue weighted by Gasteiger charge is 2.25. The molecule has 1 aromatic rings. The van der Waals surface area contributed by atoms with Crippen molar-refractivity contribution in [2.45, 2.75) is 26.7 Å². The SMILES string of the molecule is CCC1=C(C)CN(CCc2ccccc2)C1=O. The summed E-state index contributed by atoms with van der Waals surface area (Å²) in [5.41, 5.74) is 3.55. The smallest absolute Gasteiger partial charge is 0.250 e. The zero-order valence-corrected chi connectivity index (χ0v) is 10.6. The maximum atomic E-state index is 12.0. The molecule has 1 aromatic carbocycles. The first-order valence-corrected chi connectivity index (χ1v) is 6.24. The van der Waals surface area contributed by atoms with E-state index in [1.807, 2.05) is 23.1 Å². The third-order valence-electron chi connectivity index (χ3n) is 3.36. The van der Waals surface area contributed by atoms with Crippen molar-refractivity contribution in [3.63, 3.8) is 0 Å². The van der Waals surface area contributed by atoms with Crippen molar-refractivity contribution in [1.82, 2.24) is 4.90 Å². The lowest BCUT2D eigenvalue weighted by Crippen LogP contribution is -2.29. The van der Waals surface area contributed by atoms with Gasteiger partial charge < -0.3 is 4.90 Å². The van der Waals surface area contributed by atoms with Gasteiger partial charge in [-0.25, -0.2) is 0 Å². The number of rotatable bonds is 4. The Kier molecular flexibility index (Phi) is 3.62. The van der Waals surface area contributed by atoms with E-state index >= 15 is 0 Å². The fraction of sp³-hybridized carbons (Fsp3) is 0.400. The monoisotopic (exact) mass is 229 g/mol. The molecule has 2 heteroatoms. The molecule has 2 nitrogen and oxygen atoms in total. The number of carbonyl (C=O) groups is 1. The van der Waals surface area contributed by atoms with Crippen molar-refractivity contribution >= 4 is 5.91 Å². The number of hydrogen-bond donors (Lipinski definition) is 0. The van der Waals surface area contributed by atoms with E-state index in [-0.39, 0.29) is 5.91 Å². The zero-order valence-electron chi connectivity index (χ0n) is 10.6. The largest absolute Gasteiger partial charge is 0.335 e. The second-order valence-corrected chi connectivity index (χ2v) is 4.57. The average molecular weight is 229 g/mol. The molecule has 0 N–H and O–H groups in total. The number of carbonyl (C=O) groups excluding carboxylic acids is 1. The summed E-state index contributed by atoms with van der Waals surface area (Å²) in [6.45, 7) is 5.76. The van der Waals surface area contributed by atoms with Crippen LogP contribution in [-0.4, -0.2) is 23.9 Å². The molecule has 90 valence electrons. The van der Waals surface area contributed by atoms with Gasteiger partial charge in [-0.2, -0.15) is 0 Å². The molecule has 0 radical (unpaired) electrons. The van der Waals surface area contributed by atoms with Crippen LogP contribution in [0.25, 0.3) is 0 Å². The minimum atomic E-state index is 0.237. The molecule has 1 amide bonds. The van der Waals surface area contributed by atoms with Crippen molar-refractivity contribution < 1.29 is 4.79 Å². The van der Waals surface area contributed by atoms with E-state index in [1.165, 1.54) is 11.1 Å². The van der Waals surface area contributed by atoms with Crippen LogP contribution in [0, 0.1) is 0 Å². The summed E-state index contributed by atoms with van der Waals surface area (Å²) in [5.74, 6) is 0.237. The van der Waals surface area contributed by atoms with Crippen LogP contribution < -0.4 is 0 Å². The molecule has 0 unspecified atom stereocenters. The van der Waals surface area contributed by atoms with Crippen molar-refractivity contribution in [1.29, 1.82) is 0 Å². The first-order chi connectivity index (χ1) is 8.22. The lowest BCUT2D eigenvalue weighted by atomic mass is 10.1. The second kappa shape index (κ2) is 5.17. The van der Waals surface area contributed by atoms with Gasteiger partial charge in [0.15, 0.2) is 0 Å². The molecule has 0 aliphatic carbocycles. The van der Waals surface area contributed by atoms with Gasteiger partial charge in [0.25, 0.3) is 0 Å². The van der Waals surface area contributed by atoms with Gasteiger partial charge in [-0.05, 0) is 30.9 Å². The second-order valence-electron chi connectivity index (χ2n) is 4.57. The minimum Gasteiger partial charge on any atom is -0.335 e. The predicted octanol–water partition coefficient (Wildman–Crippen LogP) is 2.80. The molecule has 0 aromatic heterocycles. The Morgan fingerprint density at radius 1 is 1.24 bits per heavy atom. The third kappa shape index (κ3) is 2.57. The first kappa shape index (κ1) is 11.9. The van der Waals surface area contributed by atoms with E-state index in [9.17, 15) is 4.79 Å². The Morgan fingerprint density at radius 2 is 1.94 bits per heavy atom. The number of amides is 1. The molecule has 0 saturated heterocycles. The zero-order chi connectivity index (χ0) is 12.3. The van der Waals surface area contributed by atoms with Crippen LogP contribution >= 0.6 is 0 Å². The Morgan fingerprint density at radius 3 is 2.53 bits per heavy atom. The molecule has 0 fully saturated rings. The normalized spacial score (nSPS) is 15.9. The van der Waals surface area contributed by atoms with Crippen LogP contribution in [0.2, 0.25) is 0 Å². The molecule has 1 heterocycles. The van der Waals surface area contributed by atoms with Gasteiger partial charge in [0.05, 0.1) is 0 Å². The van der Waals surface area contributed by atoms with Crippen molar-refractivity contribution in [3.8, 4) is 0 Å². The average Bonchev–Trinajstić information content (AvgIpc) is 2.63. The van der Waals surface area contributed by atoms with Crippen molar-refractivity contribution in [2.75, 3.05) is 13.1 Å². The molecule has 2 rings (SSSR count). The van der Waals surface area contributed by atoms with Crippen molar-refractivity contribution in [2.24, 2.45) is 0 Å². The van der Waals surface area contributed by atoms with E-state index in [0.29, 0.717) is 0 Å². The fourth-order valence-electron chi connectivity index (χ4n) is 2.37. The number of benzene rings is 1. The Labute approximate surface area is 103 Å².